The van der Waals surface area contributed by atoms with Crippen LogP contribution in [0.2, 0.25) is 0 Å². The number of amides is 4. The maximum absolute atomic E-state index is 14.6. The van der Waals surface area contributed by atoms with Crippen LogP contribution in [-0.4, -0.2) is 89.2 Å². The van der Waals surface area contributed by atoms with Crippen LogP contribution in [0.4, 0.5) is 4.79 Å². The van der Waals surface area contributed by atoms with Crippen molar-refractivity contribution in [3.8, 4) is 17.1 Å². The van der Waals surface area contributed by atoms with Crippen LogP contribution < -0.4 is 20.1 Å². The molecule has 3 heterocycles. The molecule has 4 amide bonds. The van der Waals surface area contributed by atoms with Crippen molar-refractivity contribution in [1.82, 2.24) is 30.2 Å². The highest BCUT2D eigenvalue weighted by molar-refractivity contribution is 7.91. The molecule has 0 spiro atoms. The van der Waals surface area contributed by atoms with Crippen molar-refractivity contribution < 1.29 is 37.1 Å². The SMILES string of the molecule is C=C[C@@H]1C[C@@]1(NC(=O)[C@@H]1C[C@@H]2CN1C(=O)[C@H](C(C)(C)C)NC(=O)OCC/C=C/c1cccc(c1)-c1nc3ccccc3nc1O2)C(=O)NS(=O)(=O)C1CC1. The summed E-state index contributed by atoms with van der Waals surface area (Å²) in [6.07, 6.45) is 5.17. The van der Waals surface area contributed by atoms with E-state index in [9.17, 15) is 27.6 Å². The van der Waals surface area contributed by atoms with E-state index in [0.717, 1.165) is 11.1 Å². The third-order valence-electron chi connectivity index (χ3n) is 10.3. The van der Waals surface area contributed by atoms with Crippen LogP contribution in [-0.2, 0) is 29.1 Å². The highest BCUT2D eigenvalue weighted by atomic mass is 32.2. The molecule has 2 aliphatic heterocycles. The number of alkyl carbamates (subject to hydrolysis) is 1. The highest BCUT2D eigenvalue weighted by Gasteiger charge is 2.62. The summed E-state index contributed by atoms with van der Waals surface area (Å²) in [5.74, 6) is -2.41. The van der Waals surface area contributed by atoms with E-state index in [0.29, 0.717) is 36.0 Å². The van der Waals surface area contributed by atoms with Crippen LogP contribution >= 0.6 is 0 Å². The van der Waals surface area contributed by atoms with E-state index in [4.69, 9.17) is 19.4 Å². The third kappa shape index (κ3) is 7.54. The minimum atomic E-state index is -3.91. The first-order valence-corrected chi connectivity index (χ1v) is 19.7. The first kappa shape index (κ1) is 37.0. The van der Waals surface area contributed by atoms with Crippen molar-refractivity contribution in [1.29, 1.82) is 0 Å². The number of benzene rings is 2. The predicted molar refractivity (Wildman–Crippen MR) is 200 cm³/mol. The van der Waals surface area contributed by atoms with Gasteiger partial charge in [0.15, 0.2) is 0 Å². The van der Waals surface area contributed by atoms with Crippen molar-refractivity contribution in [3.63, 3.8) is 0 Å². The summed E-state index contributed by atoms with van der Waals surface area (Å²) < 4.78 is 39.7. The fourth-order valence-electron chi connectivity index (χ4n) is 7.01. The summed E-state index contributed by atoms with van der Waals surface area (Å²) in [5, 5.41) is 4.87. The van der Waals surface area contributed by atoms with Gasteiger partial charge in [-0.25, -0.2) is 23.2 Å². The topological polar surface area (TPSA) is 186 Å². The summed E-state index contributed by atoms with van der Waals surface area (Å²) in [6, 6.07) is 12.7. The molecular weight excluding hydrogens is 713 g/mol. The van der Waals surface area contributed by atoms with Gasteiger partial charge in [0, 0.05) is 17.9 Å². The van der Waals surface area contributed by atoms with Crippen LogP contribution in [0.1, 0.15) is 58.4 Å². The van der Waals surface area contributed by atoms with E-state index in [1.807, 2.05) is 60.7 Å². The zero-order valence-corrected chi connectivity index (χ0v) is 31.2. The average Bonchev–Trinajstić information content (AvgIpc) is 4.06. The largest absolute Gasteiger partial charge is 0.471 e. The monoisotopic (exact) mass is 756 g/mol. The van der Waals surface area contributed by atoms with Gasteiger partial charge in [0.25, 0.3) is 5.91 Å². The van der Waals surface area contributed by atoms with Gasteiger partial charge in [-0.2, -0.15) is 0 Å². The number of para-hydroxylation sites is 2. The first-order valence-electron chi connectivity index (χ1n) is 18.1. The molecule has 2 aromatic carbocycles. The van der Waals surface area contributed by atoms with E-state index in [-0.39, 0.29) is 31.9 Å². The normalized spacial score (nSPS) is 26.5. The lowest BCUT2D eigenvalue weighted by molar-refractivity contribution is -0.142. The lowest BCUT2D eigenvalue weighted by atomic mass is 9.85. The van der Waals surface area contributed by atoms with Crippen molar-refractivity contribution in [2.24, 2.45) is 11.3 Å². The summed E-state index contributed by atoms with van der Waals surface area (Å²) in [6.45, 7) is 9.12. The second-order valence-electron chi connectivity index (χ2n) is 15.4. The second kappa shape index (κ2) is 14.2. The summed E-state index contributed by atoms with van der Waals surface area (Å²) >= 11 is 0. The number of rotatable bonds is 6. The van der Waals surface area contributed by atoms with Crippen molar-refractivity contribution in [3.05, 3.63) is 72.8 Å². The van der Waals surface area contributed by atoms with Gasteiger partial charge in [-0.3, -0.25) is 19.1 Å². The molecule has 3 aromatic rings. The van der Waals surface area contributed by atoms with E-state index in [2.05, 4.69) is 21.9 Å². The quantitative estimate of drug-likeness (QED) is 0.312. The summed E-state index contributed by atoms with van der Waals surface area (Å²) in [5.41, 5.74) is 0.927. The zero-order valence-electron chi connectivity index (χ0n) is 30.4. The number of cyclic esters (lactones) is 1. The molecule has 0 radical (unpaired) electrons. The fraction of sp³-hybridized carbons (Fsp3) is 0.436. The molecule has 0 unspecified atom stereocenters. The number of hydrogen-bond acceptors (Lipinski definition) is 10. The van der Waals surface area contributed by atoms with Gasteiger partial charge in [-0.15, -0.1) is 6.58 Å². The molecule has 54 heavy (non-hydrogen) atoms. The van der Waals surface area contributed by atoms with E-state index >= 15 is 0 Å². The standard InChI is InChI=1S/C39H44N6O8S/c1-5-25-21-39(25,36(48)44-54(50,51)27-16-17-27)43-33(46)30-20-26-22-45(30)35(47)32(38(2,3)4)42-37(49)52-18-9-8-11-23-12-10-13-24(19-23)31-34(53-26)41-29-15-7-6-14-28(29)40-31/h5-8,10-15,19,25-27,30,32H,1,9,16-18,20-22H2,2-4H3,(H,42,49)(H,43,46)(H,44,48)/b11-8+/t25-,26-,30+,32-,39+/m1/s1. The Kier molecular flexibility index (Phi) is 9.71. The van der Waals surface area contributed by atoms with Gasteiger partial charge in [0.1, 0.15) is 29.4 Å². The Morgan fingerprint density at radius 2 is 1.81 bits per heavy atom. The van der Waals surface area contributed by atoms with E-state index in [1.54, 1.807) is 20.8 Å². The van der Waals surface area contributed by atoms with Crippen molar-refractivity contribution in [2.75, 3.05) is 13.2 Å². The number of carbonyl (C=O) groups is 4. The smallest absolute Gasteiger partial charge is 0.407 e. The Bertz CT molecular complexity index is 2160. The fourth-order valence-corrected chi connectivity index (χ4v) is 8.37. The van der Waals surface area contributed by atoms with Gasteiger partial charge < -0.3 is 25.0 Å². The Labute approximate surface area is 313 Å². The lowest BCUT2D eigenvalue weighted by Gasteiger charge is -2.35. The van der Waals surface area contributed by atoms with Crippen LogP contribution in [0.5, 0.6) is 5.88 Å². The van der Waals surface area contributed by atoms with Crippen LogP contribution in [0, 0.1) is 11.3 Å². The number of nitrogens with one attached hydrogen (secondary N) is 3. The van der Waals surface area contributed by atoms with Crippen molar-refractivity contribution in [2.45, 2.75) is 81.9 Å². The van der Waals surface area contributed by atoms with Gasteiger partial charge >= 0.3 is 6.09 Å². The molecule has 1 saturated heterocycles. The lowest BCUT2D eigenvalue weighted by Crippen LogP contribution is -2.60. The number of aromatic nitrogens is 2. The Hall–Kier alpha value is -5.31. The molecule has 15 heteroatoms. The van der Waals surface area contributed by atoms with Crippen LogP contribution in [0.3, 0.4) is 0 Å². The number of ether oxygens (including phenoxy) is 2. The number of nitrogens with zero attached hydrogens (tertiary/aromatic N) is 3. The molecular formula is C39H44N6O8S. The maximum atomic E-state index is 14.6. The molecule has 2 saturated carbocycles. The predicted octanol–water partition coefficient (Wildman–Crippen LogP) is 3.87. The second-order valence-corrected chi connectivity index (χ2v) is 17.4. The molecule has 1 aromatic heterocycles. The Morgan fingerprint density at radius 1 is 1.07 bits per heavy atom. The molecule has 3 fully saturated rings. The van der Waals surface area contributed by atoms with E-state index in [1.165, 1.54) is 11.0 Å². The van der Waals surface area contributed by atoms with Crippen LogP contribution in [0.25, 0.3) is 28.4 Å². The summed E-state index contributed by atoms with van der Waals surface area (Å²) in [7, 11) is -3.91. The van der Waals surface area contributed by atoms with Crippen LogP contribution in [0.15, 0.2) is 67.3 Å². The molecule has 7 rings (SSSR count). The zero-order chi connectivity index (χ0) is 38.4. The van der Waals surface area contributed by atoms with Crippen molar-refractivity contribution >= 4 is 50.9 Å². The number of hydrogen-bond donors (Lipinski definition) is 3. The Morgan fingerprint density at radius 3 is 2.50 bits per heavy atom. The molecule has 2 aliphatic carbocycles. The first-order chi connectivity index (χ1) is 25.7. The minimum absolute atomic E-state index is 0.00751. The molecule has 5 atom stereocenters. The number of fused-ring (bicyclic) bond motifs is 7. The number of carbonyl (C=O) groups excluding carboxylic acids is 4. The Balaban J connectivity index is 1.26. The van der Waals surface area contributed by atoms with Gasteiger partial charge in [0.05, 0.1) is 29.4 Å². The molecule has 284 valence electrons. The number of sulfonamides is 1. The van der Waals surface area contributed by atoms with E-state index < -0.39 is 74.1 Å². The average molecular weight is 757 g/mol. The highest BCUT2D eigenvalue weighted by Crippen LogP contribution is 2.45. The molecule has 3 N–H and O–H groups in total. The van der Waals surface area contributed by atoms with Gasteiger partial charge in [0.2, 0.25) is 27.7 Å². The molecule has 4 aliphatic rings. The molecule has 14 nitrogen and oxygen atoms in total. The third-order valence-corrected chi connectivity index (χ3v) is 12.1. The molecule has 4 bridgehead atoms. The summed E-state index contributed by atoms with van der Waals surface area (Å²) in [4.78, 5) is 66.6. The van der Waals surface area contributed by atoms with Gasteiger partial charge in [-0.05, 0) is 54.9 Å². The maximum Gasteiger partial charge on any atom is 0.407 e. The minimum Gasteiger partial charge on any atom is -0.471 e. The van der Waals surface area contributed by atoms with Gasteiger partial charge in [-0.1, -0.05) is 69.3 Å².